The van der Waals surface area contributed by atoms with Crippen LogP contribution in [0.5, 0.6) is 0 Å². The van der Waals surface area contributed by atoms with Crippen molar-refractivity contribution < 1.29 is 0 Å². The van der Waals surface area contributed by atoms with E-state index in [2.05, 4.69) is 206 Å². The second kappa shape index (κ2) is 14.3. The van der Waals surface area contributed by atoms with Crippen LogP contribution in [0.1, 0.15) is 13.8 Å². The van der Waals surface area contributed by atoms with E-state index in [9.17, 15) is 0 Å². The highest BCUT2D eigenvalue weighted by Gasteiger charge is 2.20. The van der Waals surface area contributed by atoms with Gasteiger partial charge in [-0.15, -0.1) is 0 Å². The van der Waals surface area contributed by atoms with Crippen LogP contribution in [0.4, 0.5) is 0 Å². The molecule has 0 saturated carbocycles. The summed E-state index contributed by atoms with van der Waals surface area (Å²) in [7, 11) is 0. The molecule has 0 heteroatoms. The van der Waals surface area contributed by atoms with Crippen molar-refractivity contribution in [2.75, 3.05) is 0 Å². The average molecular weight is 689 g/mol. The Labute approximate surface area is 317 Å². The third-order valence-corrected chi connectivity index (χ3v) is 10.7. The summed E-state index contributed by atoms with van der Waals surface area (Å²) < 4.78 is 0. The van der Waals surface area contributed by atoms with Crippen molar-refractivity contribution in [3.8, 4) is 55.6 Å². The Balaban J connectivity index is 0.00000189. The zero-order chi connectivity index (χ0) is 36.4. The minimum Gasteiger partial charge on any atom is -0.0683 e. The smallest absolute Gasteiger partial charge is 0.00261 e. The molecule has 0 unspecified atom stereocenters. The lowest BCUT2D eigenvalue weighted by atomic mass is 9.83. The predicted molar refractivity (Wildman–Crippen MR) is 235 cm³/mol. The molecule has 0 aliphatic rings. The van der Waals surface area contributed by atoms with Gasteiger partial charge in [0.05, 0.1) is 0 Å². The van der Waals surface area contributed by atoms with E-state index in [0.29, 0.717) is 0 Å². The Bertz CT molecular complexity index is 2880. The monoisotopic (exact) mass is 688 g/mol. The van der Waals surface area contributed by atoms with Gasteiger partial charge in [-0.2, -0.15) is 0 Å². The standard InChI is InChI=1S/C52H34.C2H6/c1-3-17-35(18-4-1)40-32-31-38(52-47-29-15-13-27-45(47)51(36-19-5-2-6-20-36)46-28-14-16-30-48(46)52)34-49(40)43-25-11-12-26-44(43)50-33-37-21-7-8-22-39(37)41-23-9-10-24-42(41)50;1-2/h1-34H;1-2H3. The number of hydrogen-bond acceptors (Lipinski definition) is 0. The van der Waals surface area contributed by atoms with Crippen LogP contribution in [0.15, 0.2) is 206 Å². The van der Waals surface area contributed by atoms with E-state index < -0.39 is 0 Å². The highest BCUT2D eigenvalue weighted by atomic mass is 14.2. The zero-order valence-corrected chi connectivity index (χ0v) is 30.6. The van der Waals surface area contributed by atoms with Crippen LogP contribution in [0, 0.1) is 0 Å². The van der Waals surface area contributed by atoms with Gasteiger partial charge in [-0.25, -0.2) is 0 Å². The summed E-state index contributed by atoms with van der Waals surface area (Å²) in [5.41, 5.74) is 12.3. The first kappa shape index (κ1) is 33.1. The summed E-state index contributed by atoms with van der Waals surface area (Å²) in [6.45, 7) is 4.00. The van der Waals surface area contributed by atoms with Crippen LogP contribution in [0.3, 0.4) is 0 Å². The van der Waals surface area contributed by atoms with E-state index in [4.69, 9.17) is 0 Å². The molecule has 0 amide bonds. The summed E-state index contributed by atoms with van der Waals surface area (Å²) >= 11 is 0. The molecule has 0 fully saturated rings. The van der Waals surface area contributed by atoms with Crippen molar-refractivity contribution in [3.63, 3.8) is 0 Å². The maximum Gasteiger partial charge on any atom is -0.00261 e. The molecule has 0 saturated heterocycles. The minimum atomic E-state index is 1.20. The minimum absolute atomic E-state index is 1.20. The summed E-state index contributed by atoms with van der Waals surface area (Å²) in [6.07, 6.45) is 0. The maximum absolute atomic E-state index is 2.45. The van der Waals surface area contributed by atoms with Gasteiger partial charge in [-0.3, -0.25) is 0 Å². The summed E-state index contributed by atoms with van der Waals surface area (Å²) in [6, 6.07) is 75.6. The number of hydrogen-bond donors (Lipinski definition) is 0. The van der Waals surface area contributed by atoms with Gasteiger partial charge in [0.1, 0.15) is 0 Å². The molecule has 10 rings (SSSR count). The lowest BCUT2D eigenvalue weighted by Gasteiger charge is -2.20. The van der Waals surface area contributed by atoms with Crippen LogP contribution < -0.4 is 0 Å². The van der Waals surface area contributed by atoms with Crippen molar-refractivity contribution in [1.82, 2.24) is 0 Å². The Hall–Kier alpha value is -6.76. The van der Waals surface area contributed by atoms with Gasteiger partial charge in [0, 0.05) is 0 Å². The molecule has 0 atom stereocenters. The first-order valence-electron chi connectivity index (χ1n) is 19.0. The molecule has 0 nitrogen and oxygen atoms in total. The van der Waals surface area contributed by atoms with Crippen molar-refractivity contribution in [3.05, 3.63) is 206 Å². The molecule has 0 aromatic heterocycles. The van der Waals surface area contributed by atoms with Crippen molar-refractivity contribution >= 4 is 43.1 Å². The van der Waals surface area contributed by atoms with Crippen LogP contribution in [0.25, 0.3) is 98.7 Å². The first-order chi connectivity index (χ1) is 26.8. The summed E-state index contributed by atoms with van der Waals surface area (Å²) in [4.78, 5) is 0. The van der Waals surface area contributed by atoms with E-state index in [1.807, 2.05) is 13.8 Å². The largest absolute Gasteiger partial charge is 0.0683 e. The number of benzene rings is 10. The Morgan fingerprint density at radius 1 is 0.222 bits per heavy atom. The quantitative estimate of drug-likeness (QED) is 0.125. The highest BCUT2D eigenvalue weighted by molar-refractivity contribution is 6.22. The maximum atomic E-state index is 2.45. The van der Waals surface area contributed by atoms with Gasteiger partial charge in [0.2, 0.25) is 0 Å². The fourth-order valence-electron chi connectivity index (χ4n) is 8.38. The number of fused-ring (bicyclic) bond motifs is 5. The van der Waals surface area contributed by atoms with Crippen LogP contribution >= 0.6 is 0 Å². The van der Waals surface area contributed by atoms with E-state index in [0.717, 1.165) is 0 Å². The molecule has 0 aliphatic heterocycles. The lowest BCUT2D eigenvalue weighted by Crippen LogP contribution is -1.94. The topological polar surface area (TPSA) is 0 Å². The van der Waals surface area contributed by atoms with Crippen LogP contribution in [0.2, 0.25) is 0 Å². The Kier molecular flexibility index (Phi) is 8.79. The molecule has 0 aliphatic carbocycles. The molecule has 10 aromatic carbocycles. The summed E-state index contributed by atoms with van der Waals surface area (Å²) in [5, 5.41) is 10.1. The molecular weight excluding hydrogens is 649 g/mol. The molecule has 0 spiro atoms. The lowest BCUT2D eigenvalue weighted by molar-refractivity contribution is 1.50. The zero-order valence-electron chi connectivity index (χ0n) is 30.6. The highest BCUT2D eigenvalue weighted by Crippen LogP contribution is 2.47. The molecule has 256 valence electrons. The van der Waals surface area contributed by atoms with Gasteiger partial charge in [0.25, 0.3) is 0 Å². The van der Waals surface area contributed by atoms with Gasteiger partial charge in [-0.1, -0.05) is 208 Å². The van der Waals surface area contributed by atoms with Crippen LogP contribution in [-0.2, 0) is 0 Å². The van der Waals surface area contributed by atoms with Crippen LogP contribution in [-0.4, -0.2) is 0 Å². The third kappa shape index (κ3) is 5.65. The SMILES string of the molecule is CC.c1ccc(-c2ccc(-c3c4ccccc4c(-c4ccccc4)c4ccccc34)cc2-c2ccccc2-c2cc3ccccc3c3ccccc23)cc1. The van der Waals surface area contributed by atoms with Gasteiger partial charge >= 0.3 is 0 Å². The van der Waals surface area contributed by atoms with Crippen molar-refractivity contribution in [2.45, 2.75) is 13.8 Å². The normalized spacial score (nSPS) is 11.1. The second-order valence-electron chi connectivity index (χ2n) is 13.6. The second-order valence-corrected chi connectivity index (χ2v) is 13.6. The molecule has 0 bridgehead atoms. The van der Waals surface area contributed by atoms with E-state index in [1.165, 1.54) is 98.7 Å². The summed E-state index contributed by atoms with van der Waals surface area (Å²) in [5.74, 6) is 0. The molecular formula is C54H40. The van der Waals surface area contributed by atoms with Gasteiger partial charge in [0.15, 0.2) is 0 Å². The van der Waals surface area contributed by atoms with Crippen molar-refractivity contribution in [1.29, 1.82) is 0 Å². The van der Waals surface area contributed by atoms with E-state index in [1.54, 1.807) is 0 Å². The molecule has 54 heavy (non-hydrogen) atoms. The van der Waals surface area contributed by atoms with Crippen molar-refractivity contribution in [2.24, 2.45) is 0 Å². The number of rotatable bonds is 5. The van der Waals surface area contributed by atoms with Gasteiger partial charge < -0.3 is 0 Å². The first-order valence-corrected chi connectivity index (χ1v) is 19.0. The van der Waals surface area contributed by atoms with Gasteiger partial charge in [-0.05, 0) is 111 Å². The Morgan fingerprint density at radius 2 is 0.648 bits per heavy atom. The molecule has 10 aromatic rings. The van der Waals surface area contributed by atoms with E-state index in [-0.39, 0.29) is 0 Å². The van der Waals surface area contributed by atoms with E-state index >= 15 is 0 Å². The molecule has 0 N–H and O–H groups in total. The predicted octanol–water partition coefficient (Wildman–Crippen LogP) is 15.7. The third-order valence-electron chi connectivity index (χ3n) is 10.7. The average Bonchev–Trinajstić information content (AvgIpc) is 3.26. The Morgan fingerprint density at radius 3 is 1.24 bits per heavy atom. The fourth-order valence-corrected chi connectivity index (χ4v) is 8.38. The molecule has 0 radical (unpaired) electrons. The fraction of sp³-hybridized carbons (Fsp3) is 0.0370. The molecule has 0 heterocycles.